The maximum atomic E-state index is 10.6. The normalized spacial score (nSPS) is 10.1. The molecule has 0 aliphatic rings. The van der Waals surface area contributed by atoms with Crippen LogP contribution < -0.4 is 9.47 Å². The zero-order valence-electron chi connectivity index (χ0n) is 10.0. The Hall–Kier alpha value is -1.23. The van der Waals surface area contributed by atoms with E-state index in [0.717, 1.165) is 15.6 Å². The van der Waals surface area contributed by atoms with E-state index < -0.39 is 5.97 Å². The first-order valence-electron chi connectivity index (χ1n) is 5.13. The summed E-state index contributed by atoms with van der Waals surface area (Å²) < 4.78 is 11.3. The number of halogens is 1. The summed E-state index contributed by atoms with van der Waals surface area (Å²) in [7, 11) is 3.14. The Morgan fingerprint density at radius 2 is 1.94 bits per heavy atom. The van der Waals surface area contributed by atoms with E-state index in [1.54, 1.807) is 14.2 Å². The number of ether oxygens (including phenoxy) is 2. The summed E-state index contributed by atoms with van der Waals surface area (Å²) in [4.78, 5) is 10.6. The lowest BCUT2D eigenvalue weighted by atomic mass is 10.0. The fourth-order valence-corrected chi connectivity index (χ4v) is 2.31. The van der Waals surface area contributed by atoms with Crippen LogP contribution in [0, 0.1) is 6.92 Å². The summed E-state index contributed by atoms with van der Waals surface area (Å²) in [5.41, 5.74) is 1.85. The summed E-state index contributed by atoms with van der Waals surface area (Å²) in [6, 6.07) is 1.87. The van der Waals surface area contributed by atoms with Crippen molar-refractivity contribution in [2.75, 3.05) is 14.2 Å². The van der Waals surface area contributed by atoms with Crippen molar-refractivity contribution in [3.05, 3.63) is 21.7 Å². The second-order valence-electron chi connectivity index (χ2n) is 3.60. The fraction of sp³-hybridized carbons (Fsp3) is 0.417. The van der Waals surface area contributed by atoms with E-state index in [1.165, 1.54) is 0 Å². The summed E-state index contributed by atoms with van der Waals surface area (Å²) in [5.74, 6) is 0.460. The van der Waals surface area contributed by atoms with Crippen LogP contribution in [-0.2, 0) is 11.2 Å². The molecule has 0 saturated carbocycles. The van der Waals surface area contributed by atoms with E-state index in [-0.39, 0.29) is 6.42 Å². The SMILES string of the molecule is COc1c(Br)cc(CCC(=O)O)c(C)c1OC. The molecule has 0 amide bonds. The zero-order chi connectivity index (χ0) is 13.0. The van der Waals surface area contributed by atoms with Crippen molar-refractivity contribution in [3.63, 3.8) is 0 Å². The second kappa shape index (κ2) is 5.91. The van der Waals surface area contributed by atoms with E-state index in [9.17, 15) is 4.79 Å². The first-order valence-corrected chi connectivity index (χ1v) is 5.92. The van der Waals surface area contributed by atoms with Crippen molar-refractivity contribution in [3.8, 4) is 11.5 Å². The number of hydrogen-bond donors (Lipinski definition) is 1. The van der Waals surface area contributed by atoms with Crippen LogP contribution in [0.3, 0.4) is 0 Å². The van der Waals surface area contributed by atoms with Gasteiger partial charge in [0.25, 0.3) is 0 Å². The van der Waals surface area contributed by atoms with Crippen LogP contribution in [0.1, 0.15) is 17.5 Å². The Bertz CT molecular complexity index is 429. The molecular formula is C12H15BrO4. The van der Waals surface area contributed by atoms with Crippen molar-refractivity contribution in [1.82, 2.24) is 0 Å². The minimum Gasteiger partial charge on any atom is -0.493 e. The number of hydrogen-bond acceptors (Lipinski definition) is 3. The highest BCUT2D eigenvalue weighted by Gasteiger charge is 2.16. The Kier molecular flexibility index (Phi) is 4.81. The van der Waals surface area contributed by atoms with Gasteiger partial charge in [-0.1, -0.05) is 0 Å². The predicted molar refractivity (Wildman–Crippen MR) is 67.9 cm³/mol. The number of carboxylic acids is 1. The molecule has 0 atom stereocenters. The molecule has 0 unspecified atom stereocenters. The van der Waals surface area contributed by atoms with E-state index >= 15 is 0 Å². The minimum absolute atomic E-state index is 0.1000. The Morgan fingerprint density at radius 1 is 1.35 bits per heavy atom. The molecule has 0 saturated heterocycles. The van der Waals surface area contributed by atoms with Crippen molar-refractivity contribution < 1.29 is 19.4 Å². The van der Waals surface area contributed by atoms with Gasteiger partial charge < -0.3 is 14.6 Å². The van der Waals surface area contributed by atoms with E-state index in [0.29, 0.717) is 17.9 Å². The lowest BCUT2D eigenvalue weighted by Gasteiger charge is -2.15. The highest BCUT2D eigenvalue weighted by Crippen LogP contribution is 2.40. The van der Waals surface area contributed by atoms with Crippen molar-refractivity contribution in [1.29, 1.82) is 0 Å². The molecular weight excluding hydrogens is 288 g/mol. The number of carboxylic acid groups (broad SMARTS) is 1. The summed E-state index contributed by atoms with van der Waals surface area (Å²) in [6.07, 6.45) is 0.572. The lowest BCUT2D eigenvalue weighted by Crippen LogP contribution is -2.02. The molecule has 0 aromatic heterocycles. The molecule has 0 aliphatic heterocycles. The third-order valence-electron chi connectivity index (χ3n) is 2.56. The number of benzene rings is 1. The van der Waals surface area contributed by atoms with Crippen molar-refractivity contribution >= 4 is 21.9 Å². The van der Waals surface area contributed by atoms with E-state index in [2.05, 4.69) is 15.9 Å². The molecule has 1 aromatic carbocycles. The largest absolute Gasteiger partial charge is 0.493 e. The van der Waals surface area contributed by atoms with Gasteiger partial charge >= 0.3 is 5.97 Å². The zero-order valence-corrected chi connectivity index (χ0v) is 11.6. The molecule has 17 heavy (non-hydrogen) atoms. The van der Waals surface area contributed by atoms with Gasteiger partial charge in [-0.3, -0.25) is 4.79 Å². The fourth-order valence-electron chi connectivity index (χ4n) is 1.69. The third kappa shape index (κ3) is 3.12. The third-order valence-corrected chi connectivity index (χ3v) is 3.15. The maximum Gasteiger partial charge on any atom is 0.303 e. The quantitative estimate of drug-likeness (QED) is 0.909. The van der Waals surface area contributed by atoms with Crippen LogP contribution >= 0.6 is 15.9 Å². The van der Waals surface area contributed by atoms with Gasteiger partial charge in [-0.25, -0.2) is 0 Å². The molecule has 1 aromatic rings. The molecule has 4 nitrogen and oxygen atoms in total. The molecule has 1 N–H and O–H groups in total. The smallest absolute Gasteiger partial charge is 0.303 e. The average molecular weight is 303 g/mol. The number of rotatable bonds is 5. The predicted octanol–water partition coefficient (Wildman–Crippen LogP) is 2.79. The maximum absolute atomic E-state index is 10.6. The molecule has 1 rings (SSSR count). The number of aryl methyl sites for hydroxylation is 1. The average Bonchev–Trinajstić information content (AvgIpc) is 2.28. The minimum atomic E-state index is -0.810. The highest BCUT2D eigenvalue weighted by atomic mass is 79.9. The number of carbonyl (C=O) groups is 1. The highest BCUT2D eigenvalue weighted by molar-refractivity contribution is 9.10. The molecule has 0 bridgehead atoms. The summed E-state index contributed by atoms with van der Waals surface area (Å²) in [6.45, 7) is 1.89. The van der Waals surface area contributed by atoms with Gasteiger partial charge in [-0.15, -0.1) is 0 Å². The summed E-state index contributed by atoms with van der Waals surface area (Å²) >= 11 is 3.39. The first-order chi connectivity index (χ1) is 8.01. The Balaban J connectivity index is 3.16. The molecule has 0 aliphatic carbocycles. The van der Waals surface area contributed by atoms with Crippen molar-refractivity contribution in [2.45, 2.75) is 19.8 Å². The van der Waals surface area contributed by atoms with Crippen LogP contribution in [-0.4, -0.2) is 25.3 Å². The number of methoxy groups -OCH3 is 2. The van der Waals surface area contributed by atoms with Gasteiger partial charge in [0.05, 0.1) is 18.7 Å². The van der Waals surface area contributed by atoms with Gasteiger partial charge in [0.2, 0.25) is 0 Å². The molecule has 5 heteroatoms. The first kappa shape index (κ1) is 13.8. The standard InChI is InChI=1S/C12H15BrO4/c1-7-8(4-5-10(14)15)6-9(13)12(17-3)11(7)16-2/h6H,4-5H2,1-3H3,(H,14,15). The van der Waals surface area contributed by atoms with Gasteiger partial charge in [-0.05, 0) is 46.5 Å². The van der Waals surface area contributed by atoms with Gasteiger partial charge in [0.15, 0.2) is 11.5 Å². The van der Waals surface area contributed by atoms with Crippen LogP contribution in [0.15, 0.2) is 10.5 Å². The second-order valence-corrected chi connectivity index (χ2v) is 4.46. The monoisotopic (exact) mass is 302 g/mol. The molecule has 94 valence electrons. The van der Waals surface area contributed by atoms with Crippen molar-refractivity contribution in [2.24, 2.45) is 0 Å². The summed E-state index contributed by atoms with van der Waals surface area (Å²) in [5, 5.41) is 8.69. The van der Waals surface area contributed by atoms with E-state index in [4.69, 9.17) is 14.6 Å². The van der Waals surface area contributed by atoms with Gasteiger partial charge in [0, 0.05) is 6.42 Å². The lowest BCUT2D eigenvalue weighted by molar-refractivity contribution is -0.136. The topological polar surface area (TPSA) is 55.8 Å². The molecule has 0 fully saturated rings. The van der Waals surface area contributed by atoms with Crippen LogP contribution in [0.5, 0.6) is 11.5 Å². The molecule has 0 radical (unpaired) electrons. The Morgan fingerprint density at radius 3 is 2.41 bits per heavy atom. The number of aliphatic carboxylic acids is 1. The van der Waals surface area contributed by atoms with Crippen LogP contribution in [0.4, 0.5) is 0 Å². The van der Waals surface area contributed by atoms with Crippen LogP contribution in [0.25, 0.3) is 0 Å². The van der Waals surface area contributed by atoms with Gasteiger partial charge in [-0.2, -0.15) is 0 Å². The van der Waals surface area contributed by atoms with Gasteiger partial charge in [0.1, 0.15) is 0 Å². The molecule has 0 spiro atoms. The van der Waals surface area contributed by atoms with Crippen LogP contribution in [0.2, 0.25) is 0 Å². The van der Waals surface area contributed by atoms with E-state index in [1.807, 2.05) is 13.0 Å². The Labute approximate surface area is 109 Å². The molecule has 0 heterocycles.